The van der Waals surface area contributed by atoms with Crippen molar-refractivity contribution in [2.75, 3.05) is 35.5 Å². The largest absolute Gasteiger partial charge is 0.389 e. The van der Waals surface area contributed by atoms with E-state index in [0.717, 1.165) is 48.2 Å². The Labute approximate surface area is 204 Å². The van der Waals surface area contributed by atoms with Crippen LogP contribution in [0.25, 0.3) is 5.65 Å². The molecular weight excluding hydrogens is 468 g/mol. The molecule has 2 fully saturated rings. The highest BCUT2D eigenvalue weighted by Gasteiger charge is 2.33. The van der Waals surface area contributed by atoms with Crippen molar-refractivity contribution in [3.63, 3.8) is 0 Å². The van der Waals surface area contributed by atoms with Crippen molar-refractivity contribution in [2.45, 2.75) is 45.3 Å². The third-order valence-corrected chi connectivity index (χ3v) is 7.18. The molecule has 0 spiro atoms. The van der Waals surface area contributed by atoms with Gasteiger partial charge in [-0.15, -0.1) is 0 Å². The number of carbonyl (C=O) groups is 1. The molecule has 1 aromatic carbocycles. The normalized spacial score (nSPS) is 19.1. The molecule has 0 saturated carbocycles. The fourth-order valence-corrected chi connectivity index (χ4v) is 5.47. The lowest BCUT2D eigenvalue weighted by atomic mass is 9.97. The number of hydrogen-bond acceptors (Lipinski definition) is 7. The van der Waals surface area contributed by atoms with Gasteiger partial charge in [-0.1, -0.05) is 11.6 Å². The van der Waals surface area contributed by atoms with Crippen LogP contribution >= 0.6 is 0 Å². The Balaban J connectivity index is 1.49. The number of hydrogen-bond donors (Lipinski definition) is 2. The number of aliphatic hydroxyl groups is 1. The number of nitrogens with zero attached hydrogens (tertiary/aromatic N) is 5. The Morgan fingerprint density at radius 3 is 2.66 bits per heavy atom. The molecule has 5 rings (SSSR count). The lowest BCUT2D eigenvalue weighted by Crippen LogP contribution is -2.51. The molecule has 2 saturated heterocycles. The Morgan fingerprint density at radius 1 is 1.17 bits per heavy atom. The number of aromatic nitrogens is 3. The minimum Gasteiger partial charge on any atom is -0.389 e. The van der Waals surface area contributed by atoms with Crippen LogP contribution in [-0.2, 0) is 10.0 Å². The maximum absolute atomic E-state index is 13.7. The molecule has 186 valence electrons. The van der Waals surface area contributed by atoms with Gasteiger partial charge in [0.2, 0.25) is 10.0 Å². The van der Waals surface area contributed by atoms with Gasteiger partial charge in [-0.25, -0.2) is 17.9 Å². The van der Waals surface area contributed by atoms with Crippen LogP contribution < -0.4 is 9.62 Å². The van der Waals surface area contributed by atoms with E-state index in [4.69, 9.17) is 10.1 Å². The number of anilines is 2. The summed E-state index contributed by atoms with van der Waals surface area (Å²) in [5.74, 6) is 0.614. The van der Waals surface area contributed by atoms with Crippen LogP contribution in [0.15, 0.2) is 30.5 Å². The number of benzene rings is 1. The van der Waals surface area contributed by atoms with Crippen LogP contribution in [0.2, 0.25) is 0 Å². The summed E-state index contributed by atoms with van der Waals surface area (Å²) >= 11 is 0. The molecule has 2 aliphatic rings. The molecule has 2 aliphatic heterocycles. The van der Waals surface area contributed by atoms with Crippen LogP contribution in [0.5, 0.6) is 0 Å². The van der Waals surface area contributed by atoms with E-state index < -0.39 is 10.0 Å². The third-order valence-electron chi connectivity index (χ3n) is 6.59. The fraction of sp³-hybridized carbons (Fsp3) is 0.458. The summed E-state index contributed by atoms with van der Waals surface area (Å²) in [5.41, 5.74) is 3.90. The number of aryl methyl sites for hydroxylation is 2. The molecule has 35 heavy (non-hydrogen) atoms. The van der Waals surface area contributed by atoms with E-state index in [-0.39, 0.29) is 23.7 Å². The van der Waals surface area contributed by atoms with Gasteiger partial charge in [0.05, 0.1) is 35.3 Å². The predicted octanol–water partition coefficient (Wildman–Crippen LogP) is 2.27. The molecule has 10 nitrogen and oxygen atoms in total. The molecule has 1 unspecified atom stereocenters. The lowest BCUT2D eigenvalue weighted by Gasteiger charge is -2.37. The van der Waals surface area contributed by atoms with Gasteiger partial charge in [0.25, 0.3) is 5.91 Å². The Kier molecular flexibility index (Phi) is 5.92. The molecule has 0 bridgehead atoms. The van der Waals surface area contributed by atoms with Gasteiger partial charge >= 0.3 is 0 Å². The molecule has 2 aromatic heterocycles. The van der Waals surface area contributed by atoms with E-state index in [0.29, 0.717) is 30.8 Å². The number of nitrogens with one attached hydrogen (secondary N) is 1. The van der Waals surface area contributed by atoms with Crippen molar-refractivity contribution in [1.29, 1.82) is 0 Å². The summed E-state index contributed by atoms with van der Waals surface area (Å²) in [6.07, 6.45) is 5.28. The number of amides is 1. The quantitative estimate of drug-likeness (QED) is 0.554. The molecule has 0 aliphatic carbocycles. The molecule has 0 radical (unpaired) electrons. The summed E-state index contributed by atoms with van der Waals surface area (Å²) in [6, 6.07) is 6.82. The molecule has 2 N–H and O–H groups in total. The maximum Gasteiger partial charge on any atom is 0.256 e. The number of likely N-dealkylation sites (tertiary alicyclic amines) is 1. The zero-order valence-electron chi connectivity index (χ0n) is 20.1. The number of piperidine rings is 1. The number of fused-ring (bicyclic) bond motifs is 1. The first-order valence-corrected chi connectivity index (χ1v) is 13.7. The maximum atomic E-state index is 13.7. The standard InChI is InChI=1S/C24H30N6O4S/c1-15-7-8-19(27-35(3,33)34)18(10-15)24(32)29-9-5-4-6-21(29)20-11-22-25-23(28-13-17(31)14-28)16(2)12-30(22)26-20/h7-8,10-12,17,21,27,31H,4-6,9,13-14H2,1-3H3. The van der Waals surface area contributed by atoms with Gasteiger partial charge in [-0.3, -0.25) is 9.52 Å². The monoisotopic (exact) mass is 498 g/mol. The predicted molar refractivity (Wildman–Crippen MR) is 133 cm³/mol. The van der Waals surface area contributed by atoms with E-state index in [2.05, 4.69) is 4.72 Å². The topological polar surface area (TPSA) is 120 Å². The number of carbonyl (C=O) groups excluding carboxylic acids is 1. The zero-order chi connectivity index (χ0) is 24.9. The van der Waals surface area contributed by atoms with Crippen LogP contribution in [0.1, 0.15) is 52.5 Å². The summed E-state index contributed by atoms with van der Waals surface area (Å²) in [4.78, 5) is 22.4. The average molecular weight is 499 g/mol. The molecule has 1 amide bonds. The lowest BCUT2D eigenvalue weighted by molar-refractivity contribution is 0.0606. The highest BCUT2D eigenvalue weighted by Crippen LogP contribution is 2.34. The van der Waals surface area contributed by atoms with E-state index >= 15 is 0 Å². The number of rotatable bonds is 5. The van der Waals surface area contributed by atoms with Crippen LogP contribution in [0.4, 0.5) is 11.5 Å². The minimum absolute atomic E-state index is 0.221. The van der Waals surface area contributed by atoms with Gasteiger partial charge < -0.3 is 14.9 Å². The fourth-order valence-electron chi connectivity index (χ4n) is 4.89. The molecule has 3 aromatic rings. The van der Waals surface area contributed by atoms with Crippen LogP contribution in [0.3, 0.4) is 0 Å². The number of β-amino-alcohol motifs (C(OH)–C–C–N with tert-alkyl or cyclic N) is 1. The summed E-state index contributed by atoms with van der Waals surface area (Å²) in [7, 11) is -3.54. The summed E-state index contributed by atoms with van der Waals surface area (Å²) < 4.78 is 28.0. The van der Waals surface area contributed by atoms with Crippen molar-refractivity contribution in [3.05, 3.63) is 52.8 Å². The van der Waals surface area contributed by atoms with Gasteiger partial charge in [0, 0.05) is 37.5 Å². The second kappa shape index (κ2) is 8.80. The summed E-state index contributed by atoms with van der Waals surface area (Å²) in [5, 5.41) is 14.4. The Bertz CT molecular complexity index is 1400. The minimum atomic E-state index is -3.54. The SMILES string of the molecule is Cc1ccc(NS(C)(=O)=O)c(C(=O)N2CCCCC2c2cc3nc(N4CC(O)C4)c(C)cn3n2)c1. The van der Waals surface area contributed by atoms with Gasteiger partial charge in [-0.2, -0.15) is 5.10 Å². The van der Waals surface area contributed by atoms with Crippen molar-refractivity contribution in [3.8, 4) is 0 Å². The third kappa shape index (κ3) is 4.70. The number of aliphatic hydroxyl groups excluding tert-OH is 1. The van der Waals surface area contributed by atoms with Gasteiger partial charge in [0.1, 0.15) is 5.82 Å². The van der Waals surface area contributed by atoms with E-state index in [1.165, 1.54) is 0 Å². The first kappa shape index (κ1) is 23.6. The van der Waals surface area contributed by atoms with E-state index in [1.54, 1.807) is 27.6 Å². The highest BCUT2D eigenvalue weighted by molar-refractivity contribution is 7.92. The van der Waals surface area contributed by atoms with Crippen molar-refractivity contribution >= 4 is 33.1 Å². The zero-order valence-corrected chi connectivity index (χ0v) is 20.9. The Hall–Kier alpha value is -3.18. The van der Waals surface area contributed by atoms with Gasteiger partial charge in [0.15, 0.2) is 5.65 Å². The van der Waals surface area contributed by atoms with Crippen molar-refractivity contribution in [2.24, 2.45) is 0 Å². The van der Waals surface area contributed by atoms with E-state index in [1.807, 2.05) is 31.0 Å². The number of sulfonamides is 1. The first-order valence-electron chi connectivity index (χ1n) is 11.8. The molecule has 11 heteroatoms. The van der Waals surface area contributed by atoms with Crippen molar-refractivity contribution in [1.82, 2.24) is 19.5 Å². The second-order valence-corrected chi connectivity index (χ2v) is 11.4. The van der Waals surface area contributed by atoms with E-state index in [9.17, 15) is 18.3 Å². The average Bonchev–Trinajstić information content (AvgIpc) is 3.19. The first-order chi connectivity index (χ1) is 16.6. The van der Waals surface area contributed by atoms with Crippen LogP contribution in [-0.4, -0.2) is 70.9 Å². The van der Waals surface area contributed by atoms with Crippen LogP contribution in [0, 0.1) is 13.8 Å². The van der Waals surface area contributed by atoms with Gasteiger partial charge in [-0.05, 0) is 45.2 Å². The van der Waals surface area contributed by atoms with Crippen molar-refractivity contribution < 1.29 is 18.3 Å². The highest BCUT2D eigenvalue weighted by atomic mass is 32.2. The Morgan fingerprint density at radius 2 is 1.94 bits per heavy atom. The second-order valence-electron chi connectivity index (χ2n) is 9.61. The smallest absolute Gasteiger partial charge is 0.256 e. The molecule has 4 heterocycles. The molecular formula is C24H30N6O4S. The molecule has 1 atom stereocenters. The summed E-state index contributed by atoms with van der Waals surface area (Å²) in [6.45, 7) is 5.54.